The molecule has 0 fully saturated rings. The summed E-state index contributed by atoms with van der Waals surface area (Å²) < 4.78 is 19.8. The smallest absolute Gasteiger partial charge is 0.333 e. The molecule has 0 spiro atoms. The Morgan fingerprint density at radius 3 is 2.67 bits per heavy atom. The number of carbonyl (C=O) groups is 1. The highest BCUT2D eigenvalue weighted by atomic mass is 16.7. The number of ether oxygens (including phenoxy) is 3. The van der Waals surface area contributed by atoms with Crippen molar-refractivity contribution in [1.82, 2.24) is 24.0 Å². The number of hydrogen-bond acceptors (Lipinski definition) is 7. The fraction of sp³-hybridized carbons (Fsp3) is 0.280. The maximum absolute atomic E-state index is 13.4. The van der Waals surface area contributed by atoms with Crippen molar-refractivity contribution in [3.05, 3.63) is 86.8 Å². The van der Waals surface area contributed by atoms with E-state index in [4.69, 9.17) is 14.2 Å². The Morgan fingerprint density at radius 2 is 1.86 bits per heavy atom. The standard InChI is InChI=1S/C25H25N5O6/c1-34-10-9-28-15-27-23-22(28)24(32)30(25(33)29(23)13-17-5-3-2-4-6-17)14-21(31)26-12-18-7-8-19-20(11-18)36-16-35-19/h2-8,11,15H,9-10,12-14,16H2,1H3,(H,26,31). The van der Waals surface area contributed by atoms with E-state index in [1.807, 2.05) is 36.4 Å². The Labute approximate surface area is 205 Å². The van der Waals surface area contributed by atoms with E-state index in [9.17, 15) is 14.4 Å². The average Bonchev–Trinajstić information content (AvgIpc) is 3.54. The van der Waals surface area contributed by atoms with E-state index in [0.29, 0.717) is 24.7 Å². The molecule has 36 heavy (non-hydrogen) atoms. The Kier molecular flexibility index (Phi) is 6.54. The molecule has 0 unspecified atom stereocenters. The summed E-state index contributed by atoms with van der Waals surface area (Å²) in [5.74, 6) is 0.783. The molecule has 5 rings (SSSR count). The van der Waals surface area contributed by atoms with E-state index in [0.717, 1.165) is 15.7 Å². The first kappa shape index (κ1) is 23.4. The van der Waals surface area contributed by atoms with Crippen LogP contribution < -0.4 is 26.0 Å². The van der Waals surface area contributed by atoms with Crippen molar-refractivity contribution in [2.75, 3.05) is 20.5 Å². The third-order valence-electron chi connectivity index (χ3n) is 5.93. The minimum Gasteiger partial charge on any atom is -0.454 e. The van der Waals surface area contributed by atoms with Gasteiger partial charge in [-0.05, 0) is 23.3 Å². The number of amides is 1. The zero-order valence-electron chi connectivity index (χ0n) is 19.7. The number of imidazole rings is 1. The molecule has 0 aliphatic carbocycles. The maximum atomic E-state index is 13.4. The molecule has 1 aliphatic heterocycles. The van der Waals surface area contributed by atoms with Gasteiger partial charge in [0.25, 0.3) is 5.56 Å². The molecular weight excluding hydrogens is 466 g/mol. The van der Waals surface area contributed by atoms with Gasteiger partial charge in [0.2, 0.25) is 12.7 Å². The van der Waals surface area contributed by atoms with Gasteiger partial charge in [-0.2, -0.15) is 0 Å². The van der Waals surface area contributed by atoms with Gasteiger partial charge in [0.1, 0.15) is 6.54 Å². The molecule has 0 bridgehead atoms. The number of carbonyl (C=O) groups excluding carboxylic acids is 1. The van der Waals surface area contributed by atoms with E-state index in [1.165, 1.54) is 10.9 Å². The lowest BCUT2D eigenvalue weighted by molar-refractivity contribution is -0.121. The number of nitrogens with zero attached hydrogens (tertiary/aromatic N) is 4. The molecular formula is C25H25N5O6. The molecule has 2 aromatic heterocycles. The van der Waals surface area contributed by atoms with Crippen molar-refractivity contribution in [3.8, 4) is 11.5 Å². The summed E-state index contributed by atoms with van der Waals surface area (Å²) in [5, 5.41) is 2.77. The van der Waals surface area contributed by atoms with Crippen molar-refractivity contribution in [1.29, 1.82) is 0 Å². The molecule has 2 aromatic carbocycles. The SMILES string of the molecule is COCCn1cnc2c1c(=O)n(CC(=O)NCc1ccc3c(c1)OCO3)c(=O)n2Cc1ccccc1. The summed E-state index contributed by atoms with van der Waals surface area (Å²) in [7, 11) is 1.56. The van der Waals surface area contributed by atoms with Crippen LogP contribution in [-0.2, 0) is 35.7 Å². The fourth-order valence-electron chi connectivity index (χ4n) is 4.10. The van der Waals surface area contributed by atoms with Crippen LogP contribution in [0.5, 0.6) is 11.5 Å². The van der Waals surface area contributed by atoms with E-state index < -0.39 is 23.7 Å². The number of rotatable bonds is 9. The van der Waals surface area contributed by atoms with E-state index >= 15 is 0 Å². The van der Waals surface area contributed by atoms with Crippen molar-refractivity contribution in [3.63, 3.8) is 0 Å². The summed E-state index contributed by atoms with van der Waals surface area (Å²) >= 11 is 0. The van der Waals surface area contributed by atoms with Crippen LogP contribution in [0.4, 0.5) is 0 Å². The number of aromatic nitrogens is 4. The summed E-state index contributed by atoms with van der Waals surface area (Å²) in [6.07, 6.45) is 1.51. The lowest BCUT2D eigenvalue weighted by Gasteiger charge is -2.13. The van der Waals surface area contributed by atoms with E-state index in [-0.39, 0.29) is 31.0 Å². The molecule has 0 radical (unpaired) electrons. The van der Waals surface area contributed by atoms with Crippen LogP contribution in [0.1, 0.15) is 11.1 Å². The molecule has 1 amide bonds. The number of nitrogens with one attached hydrogen (secondary N) is 1. The van der Waals surface area contributed by atoms with Crippen LogP contribution in [0.25, 0.3) is 11.2 Å². The summed E-state index contributed by atoms with van der Waals surface area (Å²) in [4.78, 5) is 43.9. The largest absolute Gasteiger partial charge is 0.454 e. The van der Waals surface area contributed by atoms with E-state index in [1.54, 1.807) is 23.8 Å². The van der Waals surface area contributed by atoms with Crippen LogP contribution >= 0.6 is 0 Å². The lowest BCUT2D eigenvalue weighted by atomic mass is 10.2. The summed E-state index contributed by atoms with van der Waals surface area (Å²) in [5.41, 5.74) is 0.991. The van der Waals surface area contributed by atoms with Crippen molar-refractivity contribution in [2.24, 2.45) is 0 Å². The first-order valence-corrected chi connectivity index (χ1v) is 11.4. The molecule has 1 aliphatic rings. The molecule has 11 heteroatoms. The number of fused-ring (bicyclic) bond motifs is 2. The molecule has 4 aromatic rings. The topological polar surface area (TPSA) is 119 Å². The number of methoxy groups -OCH3 is 1. The van der Waals surface area contributed by atoms with Gasteiger partial charge in [-0.3, -0.25) is 14.2 Å². The maximum Gasteiger partial charge on any atom is 0.333 e. The lowest BCUT2D eigenvalue weighted by Crippen LogP contribution is -2.44. The van der Waals surface area contributed by atoms with E-state index in [2.05, 4.69) is 10.3 Å². The third-order valence-corrected chi connectivity index (χ3v) is 5.93. The normalized spacial score (nSPS) is 12.2. The summed E-state index contributed by atoms with van der Waals surface area (Å²) in [6.45, 7) is 0.878. The fourth-order valence-corrected chi connectivity index (χ4v) is 4.10. The van der Waals surface area contributed by atoms with Crippen LogP contribution in [0.2, 0.25) is 0 Å². The van der Waals surface area contributed by atoms with Gasteiger partial charge in [0.05, 0.1) is 19.5 Å². The van der Waals surface area contributed by atoms with Crippen LogP contribution in [0.15, 0.2) is 64.4 Å². The molecule has 3 heterocycles. The highest BCUT2D eigenvalue weighted by molar-refractivity contribution is 5.76. The van der Waals surface area contributed by atoms with Crippen molar-refractivity contribution in [2.45, 2.75) is 26.2 Å². The van der Waals surface area contributed by atoms with Gasteiger partial charge >= 0.3 is 5.69 Å². The van der Waals surface area contributed by atoms with Crippen molar-refractivity contribution >= 4 is 17.1 Å². The second-order valence-electron chi connectivity index (χ2n) is 8.31. The summed E-state index contributed by atoms with van der Waals surface area (Å²) in [6, 6.07) is 14.7. The van der Waals surface area contributed by atoms with Gasteiger partial charge in [0, 0.05) is 20.2 Å². The van der Waals surface area contributed by atoms with Crippen molar-refractivity contribution < 1.29 is 19.0 Å². The second-order valence-corrected chi connectivity index (χ2v) is 8.31. The predicted octanol–water partition coefficient (Wildman–Crippen LogP) is 1.10. The van der Waals surface area contributed by atoms with Gasteiger partial charge in [-0.1, -0.05) is 36.4 Å². The molecule has 11 nitrogen and oxygen atoms in total. The van der Waals surface area contributed by atoms with Gasteiger partial charge in [-0.25, -0.2) is 14.3 Å². The average molecular weight is 492 g/mol. The highest BCUT2D eigenvalue weighted by Crippen LogP contribution is 2.32. The quantitative estimate of drug-likeness (QED) is 0.372. The molecule has 186 valence electrons. The first-order chi connectivity index (χ1) is 17.5. The Balaban J connectivity index is 1.45. The highest BCUT2D eigenvalue weighted by Gasteiger charge is 2.20. The van der Waals surface area contributed by atoms with Crippen LogP contribution in [0, 0.1) is 0 Å². The zero-order chi connectivity index (χ0) is 25.1. The van der Waals surface area contributed by atoms with Gasteiger partial charge in [0.15, 0.2) is 22.7 Å². The van der Waals surface area contributed by atoms with Crippen LogP contribution in [-0.4, -0.2) is 45.1 Å². The number of hydrogen-bond donors (Lipinski definition) is 1. The Hall–Kier alpha value is -4.38. The minimum absolute atomic E-state index is 0.159. The minimum atomic E-state index is -0.605. The third kappa shape index (κ3) is 4.60. The monoisotopic (exact) mass is 491 g/mol. The first-order valence-electron chi connectivity index (χ1n) is 11.4. The van der Waals surface area contributed by atoms with Gasteiger partial charge in [-0.15, -0.1) is 0 Å². The molecule has 1 N–H and O–H groups in total. The predicted molar refractivity (Wildman–Crippen MR) is 130 cm³/mol. The Morgan fingerprint density at radius 1 is 1.06 bits per heavy atom. The Bertz CT molecular complexity index is 1520. The second kappa shape index (κ2) is 10.1. The number of benzene rings is 2. The van der Waals surface area contributed by atoms with Gasteiger partial charge < -0.3 is 24.1 Å². The molecule has 0 saturated carbocycles. The van der Waals surface area contributed by atoms with Crippen LogP contribution in [0.3, 0.4) is 0 Å². The zero-order valence-corrected chi connectivity index (χ0v) is 19.7. The molecule has 0 atom stereocenters. The molecule has 0 saturated heterocycles.